The molecule has 0 bridgehead atoms. The molecule has 4 N–H and O–H groups in total. The van der Waals surface area contributed by atoms with Gasteiger partial charge in [-0.25, -0.2) is 0 Å². The fraction of sp³-hybridized carbons (Fsp3) is 0.529. The van der Waals surface area contributed by atoms with E-state index in [0.29, 0.717) is 36.0 Å². The third kappa shape index (κ3) is 6.89. The van der Waals surface area contributed by atoms with E-state index in [9.17, 15) is 9.90 Å². The first kappa shape index (κ1) is 21.2. The maximum atomic E-state index is 12.4. The maximum absolute atomic E-state index is 12.4. The van der Waals surface area contributed by atoms with Gasteiger partial charge in [0, 0.05) is 19.0 Å². The molecule has 0 radical (unpaired) electrons. The van der Waals surface area contributed by atoms with Gasteiger partial charge in [0.1, 0.15) is 5.75 Å². The lowest BCUT2D eigenvalue weighted by Gasteiger charge is -2.23. The monoisotopic (exact) mass is 372 g/mol. The van der Waals surface area contributed by atoms with Crippen molar-refractivity contribution in [2.45, 2.75) is 32.2 Å². The molecule has 8 heteroatoms. The molecule has 0 aliphatic carbocycles. The molecule has 1 aromatic carbocycles. The number of aliphatic carboxylic acids is 1. The first-order valence-corrected chi connectivity index (χ1v) is 8.52. The summed E-state index contributed by atoms with van der Waals surface area (Å²) in [6.45, 7) is 2.82. The average Bonchev–Trinajstić information content (AvgIpc) is 3.04. The molecule has 25 heavy (non-hydrogen) atoms. The van der Waals surface area contributed by atoms with Crippen molar-refractivity contribution in [2.24, 2.45) is 5.73 Å². The van der Waals surface area contributed by atoms with Gasteiger partial charge in [0.15, 0.2) is 0 Å². The number of nitrogens with zero attached hydrogens (tertiary/aromatic N) is 1. The highest BCUT2D eigenvalue weighted by Gasteiger charge is 2.29. The van der Waals surface area contributed by atoms with Gasteiger partial charge < -0.3 is 25.6 Å². The van der Waals surface area contributed by atoms with Gasteiger partial charge in [-0.05, 0) is 44.0 Å². The van der Waals surface area contributed by atoms with E-state index in [2.05, 4.69) is 0 Å². The van der Waals surface area contributed by atoms with Crippen molar-refractivity contribution in [2.75, 3.05) is 26.3 Å². The topological polar surface area (TPSA) is 113 Å². The summed E-state index contributed by atoms with van der Waals surface area (Å²) in [5.41, 5.74) is 5.93. The van der Waals surface area contributed by atoms with E-state index in [4.69, 9.17) is 32.0 Å². The van der Waals surface area contributed by atoms with Crippen LogP contribution in [0.15, 0.2) is 18.2 Å². The molecule has 0 aromatic heterocycles. The number of halogens is 1. The number of likely N-dealkylation sites (tertiary alicyclic amines) is 1. The van der Waals surface area contributed by atoms with Gasteiger partial charge in [-0.1, -0.05) is 11.6 Å². The van der Waals surface area contributed by atoms with Gasteiger partial charge in [-0.15, -0.1) is 0 Å². The number of hydrogen-bond donors (Lipinski definition) is 3. The second-order valence-electron chi connectivity index (χ2n) is 5.63. The summed E-state index contributed by atoms with van der Waals surface area (Å²) in [5.74, 6) is -0.372. The Hall–Kier alpha value is -1.83. The summed E-state index contributed by atoms with van der Waals surface area (Å²) in [6.07, 6.45) is 2.52. The predicted octanol–water partition coefficient (Wildman–Crippen LogP) is 1.76. The Labute approximate surface area is 152 Å². The molecule has 1 saturated heterocycles. The molecule has 7 nitrogen and oxygen atoms in total. The molecule has 1 heterocycles. The molecular formula is C17H25ClN2O5. The van der Waals surface area contributed by atoms with E-state index in [1.54, 1.807) is 23.1 Å². The van der Waals surface area contributed by atoms with Gasteiger partial charge in [0.05, 0.1) is 24.3 Å². The summed E-state index contributed by atoms with van der Waals surface area (Å²) >= 11 is 6.15. The highest BCUT2D eigenvalue weighted by molar-refractivity contribution is 6.32. The predicted molar refractivity (Wildman–Crippen MR) is 95.1 cm³/mol. The molecule has 1 fully saturated rings. The molecule has 1 atom stereocenters. The SMILES string of the molecule is CC(=O)O.NCCCOc1ccc(C(=O)N2CCC[C@@H]2CO)cc1Cl. The lowest BCUT2D eigenvalue weighted by Crippen LogP contribution is -2.37. The standard InChI is InChI=1S/C15H21ClN2O3.C2H4O2/c16-13-9-11(4-5-14(13)21-8-2-6-17)15(20)18-7-1-3-12(18)10-19;1-2(3)4/h4-5,9,12,19H,1-3,6-8,10,17H2;1H3,(H,3,4)/t12-;/m1./s1. The molecule has 0 spiro atoms. The molecule has 0 unspecified atom stereocenters. The van der Waals surface area contributed by atoms with Gasteiger partial charge in [-0.2, -0.15) is 0 Å². The van der Waals surface area contributed by atoms with Crippen molar-refractivity contribution in [1.82, 2.24) is 4.90 Å². The average molecular weight is 373 g/mol. The van der Waals surface area contributed by atoms with Crippen LogP contribution in [0.2, 0.25) is 5.02 Å². The van der Waals surface area contributed by atoms with Crippen LogP contribution in [-0.2, 0) is 4.79 Å². The van der Waals surface area contributed by atoms with Crippen LogP contribution in [0.1, 0.15) is 36.5 Å². The summed E-state index contributed by atoms with van der Waals surface area (Å²) in [6, 6.07) is 4.94. The first-order chi connectivity index (χ1) is 11.9. The Bertz CT molecular complexity index is 578. The number of carboxylic acid groups (broad SMARTS) is 1. The number of amides is 1. The van der Waals surface area contributed by atoms with E-state index in [0.717, 1.165) is 26.2 Å². The minimum Gasteiger partial charge on any atom is -0.492 e. The molecule has 0 saturated carbocycles. The fourth-order valence-corrected chi connectivity index (χ4v) is 2.71. The summed E-state index contributed by atoms with van der Waals surface area (Å²) in [4.78, 5) is 23.1. The van der Waals surface area contributed by atoms with E-state index < -0.39 is 5.97 Å². The second kappa shape index (κ2) is 10.9. The van der Waals surface area contributed by atoms with Crippen molar-refractivity contribution >= 4 is 23.5 Å². The zero-order chi connectivity index (χ0) is 18.8. The van der Waals surface area contributed by atoms with Crippen molar-refractivity contribution < 1.29 is 24.5 Å². The molecule has 1 aromatic rings. The normalized spacial score (nSPS) is 16.2. The molecule has 1 aliphatic rings. The first-order valence-electron chi connectivity index (χ1n) is 8.14. The van der Waals surface area contributed by atoms with Gasteiger partial charge >= 0.3 is 0 Å². The minimum absolute atomic E-state index is 0.000242. The van der Waals surface area contributed by atoms with Gasteiger partial charge in [0.2, 0.25) is 0 Å². The van der Waals surface area contributed by atoms with E-state index in [-0.39, 0.29) is 18.6 Å². The maximum Gasteiger partial charge on any atom is 0.300 e. The molecule has 2 rings (SSSR count). The fourth-order valence-electron chi connectivity index (χ4n) is 2.48. The quantitative estimate of drug-likeness (QED) is 0.656. The number of aliphatic hydroxyl groups is 1. The zero-order valence-corrected chi connectivity index (χ0v) is 15.0. The van der Waals surface area contributed by atoms with Crippen LogP contribution in [0.4, 0.5) is 0 Å². The second-order valence-corrected chi connectivity index (χ2v) is 6.04. The number of rotatable bonds is 6. The van der Waals surface area contributed by atoms with E-state index in [1.807, 2.05) is 0 Å². The Morgan fingerprint density at radius 1 is 1.44 bits per heavy atom. The highest BCUT2D eigenvalue weighted by Crippen LogP contribution is 2.27. The minimum atomic E-state index is -0.833. The summed E-state index contributed by atoms with van der Waals surface area (Å²) in [7, 11) is 0. The van der Waals surface area contributed by atoms with E-state index in [1.165, 1.54) is 0 Å². The summed E-state index contributed by atoms with van der Waals surface area (Å²) in [5, 5.41) is 17.1. The Balaban J connectivity index is 0.000000705. The van der Waals surface area contributed by atoms with Crippen LogP contribution < -0.4 is 10.5 Å². The van der Waals surface area contributed by atoms with Gasteiger partial charge in [-0.3, -0.25) is 9.59 Å². The largest absolute Gasteiger partial charge is 0.492 e. The van der Waals surface area contributed by atoms with Crippen molar-refractivity contribution in [3.05, 3.63) is 28.8 Å². The van der Waals surface area contributed by atoms with Crippen LogP contribution >= 0.6 is 11.6 Å². The van der Waals surface area contributed by atoms with Crippen molar-refractivity contribution in [3.8, 4) is 5.75 Å². The Kier molecular flexibility index (Phi) is 9.26. The summed E-state index contributed by atoms with van der Waals surface area (Å²) < 4.78 is 5.50. The van der Waals surface area contributed by atoms with Crippen LogP contribution in [0.3, 0.4) is 0 Å². The third-order valence-electron chi connectivity index (χ3n) is 3.63. The molecule has 140 valence electrons. The lowest BCUT2D eigenvalue weighted by atomic mass is 10.1. The highest BCUT2D eigenvalue weighted by atomic mass is 35.5. The number of benzene rings is 1. The molecule has 1 aliphatic heterocycles. The Morgan fingerprint density at radius 3 is 2.68 bits per heavy atom. The third-order valence-corrected chi connectivity index (χ3v) is 3.93. The number of carbonyl (C=O) groups excluding carboxylic acids is 1. The number of hydrogen-bond acceptors (Lipinski definition) is 5. The number of ether oxygens (including phenoxy) is 1. The van der Waals surface area contributed by atoms with E-state index >= 15 is 0 Å². The zero-order valence-electron chi connectivity index (χ0n) is 14.3. The van der Waals surface area contributed by atoms with Crippen molar-refractivity contribution in [3.63, 3.8) is 0 Å². The Morgan fingerprint density at radius 2 is 2.12 bits per heavy atom. The van der Waals surface area contributed by atoms with Crippen LogP contribution in [0.25, 0.3) is 0 Å². The number of carbonyl (C=O) groups is 2. The molecule has 1 amide bonds. The number of aliphatic hydroxyl groups excluding tert-OH is 1. The van der Waals surface area contributed by atoms with Crippen molar-refractivity contribution in [1.29, 1.82) is 0 Å². The van der Waals surface area contributed by atoms with Crippen LogP contribution in [0, 0.1) is 0 Å². The van der Waals surface area contributed by atoms with Crippen LogP contribution in [0.5, 0.6) is 5.75 Å². The number of carboxylic acids is 1. The molecular weight excluding hydrogens is 348 g/mol. The van der Waals surface area contributed by atoms with Gasteiger partial charge in [0.25, 0.3) is 11.9 Å². The van der Waals surface area contributed by atoms with Crippen LogP contribution in [-0.4, -0.2) is 59.3 Å². The lowest BCUT2D eigenvalue weighted by molar-refractivity contribution is -0.134. The smallest absolute Gasteiger partial charge is 0.300 e. The number of nitrogens with two attached hydrogens (primary N) is 1.